The number of aromatic amines is 2. The maximum atomic E-state index is 11.9. The molecule has 0 aromatic carbocycles. The fourth-order valence-electron chi connectivity index (χ4n) is 4.40. The standard InChI is InChI=1S/C12H17N3O8.C11H15N3O7/c16-4-6-8(19)9(20)11(23-6)15-3-5(1-13-2-7(17)18)10(21)14-12(15)22;12-6(16)1-4-2-14(11(20)13-9(4)19)10-8(18)7(17)5(3-15)21-10/h3,6,8-9,11,13,16,19-20H,1-2,4H2,(H,17,18)(H,14,21,22);2,5,7-8,10,15,17-18H,1,3H2,(H2,12,16)(H,13,19,20)/t6-,8-,9-,11-;5-,7-,8-,10-/m11/s1. The number of carboxylic acid groups (broad SMARTS) is 1. The van der Waals surface area contributed by atoms with Crippen molar-refractivity contribution in [1.82, 2.24) is 24.4 Å². The number of aliphatic hydroxyl groups is 6. The van der Waals surface area contributed by atoms with Crippen LogP contribution in [0.15, 0.2) is 31.6 Å². The summed E-state index contributed by atoms with van der Waals surface area (Å²) in [5.41, 5.74) is 1.71. The van der Waals surface area contributed by atoms with Crippen molar-refractivity contribution in [3.63, 3.8) is 0 Å². The third-order valence-corrected chi connectivity index (χ3v) is 6.62. The fraction of sp³-hybridized carbons (Fsp3) is 0.565. The van der Waals surface area contributed by atoms with E-state index >= 15 is 0 Å². The predicted molar refractivity (Wildman–Crippen MR) is 141 cm³/mol. The van der Waals surface area contributed by atoms with Gasteiger partial charge in [-0.1, -0.05) is 0 Å². The molecule has 2 aromatic rings. The number of hydrogen-bond donors (Lipinski definition) is 11. The SMILES string of the molecule is NC(=O)Cc1cn([C@@H]2O[C@H](CO)[C@@H](O)[C@H]2O)c(=O)[nH]c1=O.O=C(O)CNCc1cn([C@@H]2O[C@H](CO)[C@@H](O)[C@H]2O)c(=O)[nH]c1=O. The Morgan fingerprint density at radius 3 is 1.61 bits per heavy atom. The number of nitrogens with one attached hydrogen (secondary N) is 3. The molecule has 4 rings (SSSR count). The van der Waals surface area contributed by atoms with Gasteiger partial charge in [-0.25, -0.2) is 9.59 Å². The molecule has 0 saturated carbocycles. The number of carboxylic acids is 1. The maximum Gasteiger partial charge on any atom is 0.330 e. The fourth-order valence-corrected chi connectivity index (χ4v) is 4.40. The van der Waals surface area contributed by atoms with E-state index < -0.39 is 103 Å². The molecule has 8 atom stereocenters. The second-order valence-corrected chi connectivity index (χ2v) is 9.74. The first-order valence-electron chi connectivity index (χ1n) is 12.8. The van der Waals surface area contributed by atoms with Gasteiger partial charge in [0.2, 0.25) is 5.91 Å². The van der Waals surface area contributed by atoms with Crippen LogP contribution in [-0.2, 0) is 32.0 Å². The maximum absolute atomic E-state index is 11.9. The summed E-state index contributed by atoms with van der Waals surface area (Å²) in [4.78, 5) is 72.2. The van der Waals surface area contributed by atoms with Gasteiger partial charge in [0.15, 0.2) is 12.5 Å². The van der Waals surface area contributed by atoms with Crippen molar-refractivity contribution < 1.29 is 54.8 Å². The molecule has 21 nitrogen and oxygen atoms in total. The number of H-pyrrole nitrogens is 2. The van der Waals surface area contributed by atoms with Crippen molar-refractivity contribution in [2.45, 2.75) is 62.0 Å². The van der Waals surface area contributed by atoms with E-state index in [1.807, 2.05) is 9.97 Å². The topological polar surface area (TPSA) is 342 Å². The lowest BCUT2D eigenvalue weighted by Crippen LogP contribution is -2.39. The van der Waals surface area contributed by atoms with Crippen molar-refractivity contribution in [3.05, 3.63) is 65.2 Å². The highest BCUT2D eigenvalue weighted by Gasteiger charge is 2.45. The lowest BCUT2D eigenvalue weighted by Gasteiger charge is -2.18. The van der Waals surface area contributed by atoms with Crippen LogP contribution in [0.3, 0.4) is 0 Å². The van der Waals surface area contributed by atoms with Crippen molar-refractivity contribution in [2.24, 2.45) is 5.73 Å². The van der Waals surface area contributed by atoms with E-state index in [0.717, 1.165) is 21.5 Å². The number of amides is 1. The summed E-state index contributed by atoms with van der Waals surface area (Å²) in [6.07, 6.45) is -8.71. The number of ether oxygens (including phenoxy) is 2. The van der Waals surface area contributed by atoms with Crippen LogP contribution in [0.4, 0.5) is 0 Å². The first-order chi connectivity index (χ1) is 20.7. The zero-order valence-corrected chi connectivity index (χ0v) is 22.7. The largest absolute Gasteiger partial charge is 0.480 e. The summed E-state index contributed by atoms with van der Waals surface area (Å²) in [6.45, 7) is -1.62. The number of aliphatic hydroxyl groups excluding tert-OH is 6. The minimum absolute atomic E-state index is 0.0450. The van der Waals surface area contributed by atoms with Gasteiger partial charge < -0.3 is 56.3 Å². The Bertz CT molecular complexity index is 1570. The van der Waals surface area contributed by atoms with Crippen LogP contribution in [-0.4, -0.2) is 123 Å². The van der Waals surface area contributed by atoms with E-state index in [0.29, 0.717) is 0 Å². The molecule has 244 valence electrons. The Morgan fingerprint density at radius 1 is 0.795 bits per heavy atom. The smallest absolute Gasteiger partial charge is 0.330 e. The summed E-state index contributed by atoms with van der Waals surface area (Å²) >= 11 is 0. The monoisotopic (exact) mass is 632 g/mol. The molecule has 2 fully saturated rings. The normalized spacial score (nSPS) is 28.0. The second-order valence-electron chi connectivity index (χ2n) is 9.74. The van der Waals surface area contributed by atoms with E-state index in [4.69, 9.17) is 30.5 Å². The van der Waals surface area contributed by atoms with Crippen molar-refractivity contribution in [1.29, 1.82) is 0 Å². The van der Waals surface area contributed by atoms with E-state index in [2.05, 4.69) is 5.32 Å². The van der Waals surface area contributed by atoms with Gasteiger partial charge in [0.05, 0.1) is 26.2 Å². The van der Waals surface area contributed by atoms with Gasteiger partial charge in [-0.2, -0.15) is 0 Å². The summed E-state index contributed by atoms with van der Waals surface area (Å²) in [5.74, 6) is -1.88. The Hall–Kier alpha value is -4.06. The molecule has 0 spiro atoms. The Morgan fingerprint density at radius 2 is 1.23 bits per heavy atom. The first-order valence-corrected chi connectivity index (χ1v) is 12.8. The van der Waals surface area contributed by atoms with Gasteiger partial charge in [0.1, 0.15) is 36.6 Å². The number of nitrogens with two attached hydrogens (primary N) is 1. The second kappa shape index (κ2) is 14.6. The number of carbonyl (C=O) groups is 2. The molecule has 0 bridgehead atoms. The van der Waals surface area contributed by atoms with Crippen molar-refractivity contribution >= 4 is 11.9 Å². The number of aliphatic carboxylic acids is 1. The van der Waals surface area contributed by atoms with Crippen LogP contribution in [0, 0.1) is 0 Å². The number of nitrogens with zero attached hydrogens (tertiary/aromatic N) is 2. The zero-order valence-electron chi connectivity index (χ0n) is 22.7. The molecule has 12 N–H and O–H groups in total. The van der Waals surface area contributed by atoms with Crippen LogP contribution in [0.2, 0.25) is 0 Å². The van der Waals surface area contributed by atoms with E-state index in [9.17, 15) is 49.2 Å². The highest BCUT2D eigenvalue weighted by Crippen LogP contribution is 2.29. The molecule has 2 aliphatic heterocycles. The average molecular weight is 633 g/mol. The molecule has 0 aliphatic carbocycles. The molecule has 0 radical (unpaired) electrons. The summed E-state index contributed by atoms with van der Waals surface area (Å²) < 4.78 is 12.1. The Labute approximate surface area is 244 Å². The highest BCUT2D eigenvalue weighted by molar-refractivity contribution is 5.76. The number of aromatic nitrogens is 4. The van der Waals surface area contributed by atoms with Crippen LogP contribution in [0.25, 0.3) is 0 Å². The van der Waals surface area contributed by atoms with E-state index in [1.165, 1.54) is 0 Å². The quantitative estimate of drug-likeness (QED) is 0.116. The number of primary amides is 1. The number of carbonyl (C=O) groups excluding carboxylic acids is 1. The van der Waals surface area contributed by atoms with Crippen LogP contribution < -0.4 is 33.5 Å². The van der Waals surface area contributed by atoms with Gasteiger partial charge in [0, 0.05) is 30.1 Å². The Balaban J connectivity index is 0.000000241. The average Bonchev–Trinajstić information content (AvgIpc) is 3.40. The molecule has 2 aliphatic rings. The van der Waals surface area contributed by atoms with Gasteiger partial charge in [-0.3, -0.25) is 38.3 Å². The third-order valence-electron chi connectivity index (χ3n) is 6.62. The van der Waals surface area contributed by atoms with Crippen LogP contribution >= 0.6 is 0 Å². The van der Waals surface area contributed by atoms with Crippen molar-refractivity contribution in [2.75, 3.05) is 19.8 Å². The molecular weight excluding hydrogens is 600 g/mol. The summed E-state index contributed by atoms with van der Waals surface area (Å²) in [7, 11) is 0. The van der Waals surface area contributed by atoms with Crippen molar-refractivity contribution in [3.8, 4) is 0 Å². The lowest BCUT2D eigenvalue weighted by atomic mass is 10.1. The third kappa shape index (κ3) is 7.71. The molecule has 2 saturated heterocycles. The number of hydrogen-bond acceptors (Lipinski definition) is 15. The van der Waals surface area contributed by atoms with E-state index in [-0.39, 0.29) is 24.2 Å². The molecule has 0 unspecified atom stereocenters. The minimum Gasteiger partial charge on any atom is -0.480 e. The minimum atomic E-state index is -1.48. The van der Waals surface area contributed by atoms with Gasteiger partial charge >= 0.3 is 17.3 Å². The molecular formula is C23H32N6O15. The van der Waals surface area contributed by atoms with Crippen LogP contribution in [0.1, 0.15) is 23.6 Å². The van der Waals surface area contributed by atoms with E-state index in [1.54, 1.807) is 0 Å². The summed E-state index contributed by atoms with van der Waals surface area (Å²) in [5, 5.41) is 68.2. The van der Waals surface area contributed by atoms with Crippen LogP contribution in [0.5, 0.6) is 0 Å². The first kappa shape index (κ1) is 34.4. The number of rotatable bonds is 10. The molecule has 44 heavy (non-hydrogen) atoms. The molecule has 2 aromatic heterocycles. The van der Waals surface area contributed by atoms with Gasteiger partial charge in [-0.15, -0.1) is 0 Å². The predicted octanol–water partition coefficient (Wildman–Crippen LogP) is -7.50. The highest BCUT2D eigenvalue weighted by atomic mass is 16.6. The zero-order chi connectivity index (χ0) is 32.9. The molecule has 4 heterocycles. The van der Waals surface area contributed by atoms with Gasteiger partial charge in [0.25, 0.3) is 11.1 Å². The molecule has 21 heteroatoms. The molecule has 1 amide bonds. The summed E-state index contributed by atoms with van der Waals surface area (Å²) in [6, 6.07) is 0. The lowest BCUT2D eigenvalue weighted by molar-refractivity contribution is -0.136. The van der Waals surface area contributed by atoms with Gasteiger partial charge in [-0.05, 0) is 0 Å². The Kier molecular flexibility index (Phi) is 11.4.